The van der Waals surface area contributed by atoms with Crippen molar-refractivity contribution in [3.8, 4) is 0 Å². The molecule has 0 radical (unpaired) electrons. The van der Waals surface area contributed by atoms with E-state index in [4.69, 9.17) is 0 Å². The molecule has 1 heterocycles. The van der Waals surface area contributed by atoms with Crippen LogP contribution in [0.25, 0.3) is 11.0 Å². The van der Waals surface area contributed by atoms with Crippen LogP contribution < -0.4 is 16.4 Å². The second-order valence-electron chi connectivity index (χ2n) is 6.06. The summed E-state index contributed by atoms with van der Waals surface area (Å²) in [5.74, 6) is -1.39. The summed E-state index contributed by atoms with van der Waals surface area (Å²) in [7, 11) is 0. The number of hydrogen-bond acceptors (Lipinski definition) is 6. The van der Waals surface area contributed by atoms with Crippen molar-refractivity contribution in [3.63, 3.8) is 0 Å². The van der Waals surface area contributed by atoms with E-state index in [1.54, 1.807) is 0 Å². The first-order valence-electron chi connectivity index (χ1n) is 7.76. The number of nitrogens with one attached hydrogen (secondary N) is 3. The highest BCUT2D eigenvalue weighted by molar-refractivity contribution is 5.80. The number of H-pyrrole nitrogens is 2. The lowest BCUT2D eigenvalue weighted by molar-refractivity contribution is -0.384. The number of rotatable bonds is 5. The van der Waals surface area contributed by atoms with E-state index >= 15 is 0 Å². The minimum atomic E-state index is -0.895. The molecule has 2 unspecified atom stereocenters. The first-order valence-corrected chi connectivity index (χ1v) is 7.76. The van der Waals surface area contributed by atoms with E-state index in [0.29, 0.717) is 18.4 Å². The van der Waals surface area contributed by atoms with E-state index in [0.717, 1.165) is 6.42 Å². The predicted octanol–water partition coefficient (Wildman–Crippen LogP) is 0.468. The van der Waals surface area contributed by atoms with Crippen LogP contribution in [-0.4, -0.2) is 32.0 Å². The summed E-state index contributed by atoms with van der Waals surface area (Å²) in [6.07, 6.45) is 2.05. The number of aromatic nitrogens is 2. The number of carboxylic acid groups (broad SMARTS) is 1. The Kier molecular flexibility index (Phi) is 4.36. The van der Waals surface area contributed by atoms with Crippen molar-refractivity contribution in [2.75, 3.05) is 0 Å². The van der Waals surface area contributed by atoms with Gasteiger partial charge in [-0.3, -0.25) is 24.5 Å². The Morgan fingerprint density at radius 1 is 1.28 bits per heavy atom. The third kappa shape index (κ3) is 3.29. The highest BCUT2D eigenvalue weighted by atomic mass is 16.6. The number of nitro benzene ring substituents is 1. The molecule has 0 saturated heterocycles. The molecule has 10 heteroatoms. The van der Waals surface area contributed by atoms with Crippen molar-refractivity contribution in [3.05, 3.63) is 48.5 Å². The monoisotopic (exact) mass is 348 g/mol. The Bertz CT molecular complexity index is 963. The molecule has 1 saturated carbocycles. The first-order chi connectivity index (χ1) is 11.9. The summed E-state index contributed by atoms with van der Waals surface area (Å²) in [6, 6.07) is 2.22. The number of nitro groups is 1. The lowest BCUT2D eigenvalue weighted by atomic mass is 10.0. The Morgan fingerprint density at radius 3 is 2.68 bits per heavy atom. The van der Waals surface area contributed by atoms with Crippen LogP contribution in [-0.2, 0) is 11.3 Å². The van der Waals surface area contributed by atoms with Gasteiger partial charge in [-0.25, -0.2) is 0 Å². The summed E-state index contributed by atoms with van der Waals surface area (Å²) in [5, 5.41) is 23.4. The summed E-state index contributed by atoms with van der Waals surface area (Å²) >= 11 is 0. The maximum absolute atomic E-state index is 11.6. The molecule has 132 valence electrons. The van der Waals surface area contributed by atoms with Crippen LogP contribution in [0.1, 0.15) is 24.8 Å². The molecule has 4 N–H and O–H groups in total. The van der Waals surface area contributed by atoms with Crippen LogP contribution in [0.4, 0.5) is 5.69 Å². The summed E-state index contributed by atoms with van der Waals surface area (Å²) in [4.78, 5) is 49.5. The number of non-ortho nitro benzene ring substituents is 1. The van der Waals surface area contributed by atoms with Crippen LogP contribution in [0.2, 0.25) is 0 Å². The van der Waals surface area contributed by atoms with Crippen LogP contribution in [0.5, 0.6) is 0 Å². The minimum Gasteiger partial charge on any atom is -0.481 e. The van der Waals surface area contributed by atoms with Crippen molar-refractivity contribution in [2.45, 2.75) is 31.8 Å². The maximum Gasteiger partial charge on any atom is 0.314 e. The highest BCUT2D eigenvalue weighted by Gasteiger charge is 2.32. The van der Waals surface area contributed by atoms with Gasteiger partial charge >= 0.3 is 17.1 Å². The van der Waals surface area contributed by atoms with Gasteiger partial charge in [-0.2, -0.15) is 0 Å². The molecule has 0 spiro atoms. The van der Waals surface area contributed by atoms with Gasteiger partial charge < -0.3 is 20.4 Å². The van der Waals surface area contributed by atoms with Gasteiger partial charge in [0.1, 0.15) is 0 Å². The number of hydrogen-bond donors (Lipinski definition) is 4. The lowest BCUT2D eigenvalue weighted by Crippen LogP contribution is -2.36. The van der Waals surface area contributed by atoms with E-state index in [-0.39, 0.29) is 29.3 Å². The van der Waals surface area contributed by atoms with Crippen LogP contribution in [0, 0.1) is 16.0 Å². The second kappa shape index (κ2) is 6.48. The minimum absolute atomic E-state index is 0.134. The maximum atomic E-state index is 11.6. The van der Waals surface area contributed by atoms with Gasteiger partial charge in [-0.15, -0.1) is 0 Å². The SMILES string of the molecule is O=C(O)C1CCCC1NCc1cc([N+](=O)[O-])cc2[nH]c(=O)c(=O)[nH]c12. The van der Waals surface area contributed by atoms with Crippen LogP contribution in [0.15, 0.2) is 21.7 Å². The number of aliphatic carboxylic acids is 1. The van der Waals surface area contributed by atoms with Crippen molar-refractivity contribution >= 4 is 22.7 Å². The molecule has 0 bridgehead atoms. The molecule has 3 rings (SSSR count). The third-order valence-corrected chi connectivity index (χ3v) is 4.50. The molecule has 1 aromatic carbocycles. The normalized spacial score (nSPS) is 20.0. The Hall–Kier alpha value is -3.01. The van der Waals surface area contributed by atoms with E-state index in [1.807, 2.05) is 0 Å². The smallest absolute Gasteiger partial charge is 0.314 e. The average molecular weight is 348 g/mol. The Balaban J connectivity index is 1.98. The highest BCUT2D eigenvalue weighted by Crippen LogP contribution is 2.27. The molecule has 2 atom stereocenters. The molecule has 1 fully saturated rings. The third-order valence-electron chi connectivity index (χ3n) is 4.50. The fourth-order valence-corrected chi connectivity index (χ4v) is 3.27. The summed E-state index contributed by atoms with van der Waals surface area (Å²) < 4.78 is 0. The second-order valence-corrected chi connectivity index (χ2v) is 6.06. The van der Waals surface area contributed by atoms with Gasteiger partial charge in [0.05, 0.1) is 21.9 Å². The van der Waals surface area contributed by atoms with Gasteiger partial charge in [0.15, 0.2) is 0 Å². The number of carbonyl (C=O) groups is 1. The first kappa shape index (κ1) is 16.8. The summed E-state index contributed by atoms with van der Waals surface area (Å²) in [5.41, 5.74) is -1.13. The zero-order valence-corrected chi connectivity index (χ0v) is 13.1. The Labute approximate surface area is 140 Å². The van der Waals surface area contributed by atoms with Crippen molar-refractivity contribution in [1.29, 1.82) is 0 Å². The zero-order valence-electron chi connectivity index (χ0n) is 13.1. The molecule has 2 aromatic rings. The van der Waals surface area contributed by atoms with Crippen molar-refractivity contribution in [1.82, 2.24) is 15.3 Å². The number of aromatic amines is 2. The van der Waals surface area contributed by atoms with Crippen LogP contribution in [0.3, 0.4) is 0 Å². The quantitative estimate of drug-likeness (QED) is 0.347. The predicted molar refractivity (Wildman–Crippen MR) is 87.4 cm³/mol. The van der Waals surface area contributed by atoms with Crippen molar-refractivity contribution in [2.24, 2.45) is 5.92 Å². The molecule has 0 amide bonds. The summed E-state index contributed by atoms with van der Waals surface area (Å²) in [6.45, 7) is 0.134. The van der Waals surface area contributed by atoms with Gasteiger partial charge in [0.2, 0.25) is 0 Å². The van der Waals surface area contributed by atoms with Gasteiger partial charge in [-0.1, -0.05) is 6.42 Å². The van der Waals surface area contributed by atoms with E-state index in [9.17, 15) is 29.6 Å². The number of benzene rings is 1. The molecule has 10 nitrogen and oxygen atoms in total. The molecule has 1 aliphatic rings. The topological polar surface area (TPSA) is 158 Å². The molecular formula is C15H16N4O6. The fraction of sp³-hybridized carbons (Fsp3) is 0.400. The molecule has 1 aliphatic carbocycles. The van der Waals surface area contributed by atoms with Crippen LogP contribution >= 0.6 is 0 Å². The van der Waals surface area contributed by atoms with Gasteiger partial charge in [0, 0.05) is 24.7 Å². The fourth-order valence-electron chi connectivity index (χ4n) is 3.27. The number of nitrogens with zero attached hydrogens (tertiary/aromatic N) is 1. The van der Waals surface area contributed by atoms with E-state index < -0.39 is 27.9 Å². The lowest BCUT2D eigenvalue weighted by Gasteiger charge is -2.18. The largest absolute Gasteiger partial charge is 0.481 e. The molecule has 25 heavy (non-hydrogen) atoms. The standard InChI is InChI=1S/C15H16N4O6/c20-13-14(21)18-12-7(4-8(19(24)25)5-11(12)17-13)6-16-10-3-1-2-9(10)15(22)23/h4-5,9-10,16H,1-3,6H2,(H,17,20)(H,18,21)(H,22,23). The van der Waals surface area contributed by atoms with Gasteiger partial charge in [0.25, 0.3) is 5.69 Å². The molecule has 0 aliphatic heterocycles. The Morgan fingerprint density at radius 2 is 2.00 bits per heavy atom. The molecular weight excluding hydrogens is 332 g/mol. The molecule has 1 aromatic heterocycles. The zero-order chi connectivity index (χ0) is 18.1. The van der Waals surface area contributed by atoms with E-state index in [2.05, 4.69) is 15.3 Å². The average Bonchev–Trinajstić information content (AvgIpc) is 3.02. The number of carboxylic acids is 1. The number of fused-ring (bicyclic) bond motifs is 1. The van der Waals surface area contributed by atoms with E-state index in [1.165, 1.54) is 12.1 Å². The van der Waals surface area contributed by atoms with Crippen molar-refractivity contribution < 1.29 is 14.8 Å². The van der Waals surface area contributed by atoms with Gasteiger partial charge in [-0.05, 0) is 18.4 Å².